The van der Waals surface area contributed by atoms with Crippen LogP contribution in [0.25, 0.3) is 0 Å². The van der Waals surface area contributed by atoms with Crippen molar-refractivity contribution >= 4 is 17.3 Å². The van der Waals surface area contributed by atoms with Crippen LogP contribution in [0.2, 0.25) is 5.15 Å². The Kier molecular flexibility index (Phi) is 4.24. The first-order valence-corrected chi connectivity index (χ1v) is 6.20. The molecule has 1 N–H and O–H groups in total. The fraction of sp³-hybridized carbons (Fsp3) is 0.462. The zero-order valence-electron chi connectivity index (χ0n) is 9.69. The maximum absolute atomic E-state index is 6.01. The van der Waals surface area contributed by atoms with Crippen molar-refractivity contribution in [2.75, 3.05) is 25.0 Å². The van der Waals surface area contributed by atoms with Crippen molar-refractivity contribution < 1.29 is 0 Å². The molecule has 0 aromatic carbocycles. The molecule has 1 aromatic heterocycles. The normalized spacial score (nSPS) is 17.6. The van der Waals surface area contributed by atoms with E-state index in [4.69, 9.17) is 18.0 Å². The van der Waals surface area contributed by atoms with Crippen LogP contribution < -0.4 is 5.32 Å². The Morgan fingerprint density at radius 3 is 2.94 bits per heavy atom. The minimum atomic E-state index is 0.464. The zero-order valence-corrected chi connectivity index (χ0v) is 10.5. The lowest BCUT2D eigenvalue weighted by molar-refractivity contribution is 0.243. The number of nitrogens with one attached hydrogen (secondary N) is 1. The van der Waals surface area contributed by atoms with E-state index in [9.17, 15) is 0 Å². The Labute approximate surface area is 107 Å². The number of nitrogens with zero attached hydrogens (tertiary/aromatic N) is 2. The van der Waals surface area contributed by atoms with E-state index >= 15 is 0 Å². The molecule has 0 bridgehead atoms. The molecular weight excluding hydrogens is 234 g/mol. The lowest BCUT2D eigenvalue weighted by atomic mass is 10.0. The molecule has 1 aliphatic heterocycles. The second-order valence-electron chi connectivity index (χ2n) is 4.24. The largest absolute Gasteiger partial charge is 0.380 e. The summed E-state index contributed by atoms with van der Waals surface area (Å²) >= 11 is 6.01. The van der Waals surface area contributed by atoms with Crippen LogP contribution in [0.3, 0.4) is 0 Å². The average Bonchev–Trinajstić information content (AvgIpc) is 2.35. The van der Waals surface area contributed by atoms with Gasteiger partial charge in [-0.3, -0.25) is 4.90 Å². The SMILES string of the molecule is C#CCN1CCC(Nc2cccnc2Cl)CC1. The van der Waals surface area contributed by atoms with Crippen molar-refractivity contribution in [1.82, 2.24) is 9.88 Å². The van der Waals surface area contributed by atoms with Crippen LogP contribution in [-0.4, -0.2) is 35.6 Å². The van der Waals surface area contributed by atoms with Gasteiger partial charge in [-0.15, -0.1) is 6.42 Å². The van der Waals surface area contributed by atoms with Gasteiger partial charge in [0.05, 0.1) is 12.2 Å². The van der Waals surface area contributed by atoms with Crippen molar-refractivity contribution in [3.63, 3.8) is 0 Å². The summed E-state index contributed by atoms with van der Waals surface area (Å²) in [7, 11) is 0. The Morgan fingerprint density at radius 2 is 2.29 bits per heavy atom. The zero-order chi connectivity index (χ0) is 12.1. The summed E-state index contributed by atoms with van der Waals surface area (Å²) in [5.74, 6) is 2.69. The molecule has 1 aromatic rings. The van der Waals surface area contributed by atoms with Crippen molar-refractivity contribution in [3.05, 3.63) is 23.5 Å². The van der Waals surface area contributed by atoms with Crippen molar-refractivity contribution in [3.8, 4) is 12.3 Å². The van der Waals surface area contributed by atoms with Gasteiger partial charge < -0.3 is 5.32 Å². The van der Waals surface area contributed by atoms with Crippen molar-refractivity contribution in [2.24, 2.45) is 0 Å². The highest BCUT2D eigenvalue weighted by atomic mass is 35.5. The Bertz CT molecular complexity index is 405. The molecule has 0 spiro atoms. The Balaban J connectivity index is 1.86. The predicted octanol–water partition coefficient (Wildman–Crippen LogP) is 2.24. The fourth-order valence-corrected chi connectivity index (χ4v) is 2.25. The van der Waals surface area contributed by atoms with Crippen LogP contribution in [0.15, 0.2) is 18.3 Å². The van der Waals surface area contributed by atoms with E-state index in [1.54, 1.807) is 6.20 Å². The smallest absolute Gasteiger partial charge is 0.152 e. The van der Waals surface area contributed by atoms with Gasteiger partial charge in [-0.05, 0) is 25.0 Å². The summed E-state index contributed by atoms with van der Waals surface area (Å²) in [6.45, 7) is 2.83. The molecule has 0 amide bonds. The highest BCUT2D eigenvalue weighted by molar-refractivity contribution is 6.31. The lowest BCUT2D eigenvalue weighted by Crippen LogP contribution is -2.39. The van der Waals surface area contributed by atoms with Gasteiger partial charge in [0.15, 0.2) is 5.15 Å². The van der Waals surface area contributed by atoms with E-state index in [2.05, 4.69) is 21.1 Å². The van der Waals surface area contributed by atoms with Crippen molar-refractivity contribution in [2.45, 2.75) is 18.9 Å². The second kappa shape index (κ2) is 5.90. The van der Waals surface area contributed by atoms with Gasteiger partial charge in [-0.2, -0.15) is 0 Å². The number of pyridine rings is 1. The maximum atomic E-state index is 6.01. The number of rotatable bonds is 3. The summed E-state index contributed by atoms with van der Waals surface area (Å²) in [6, 6.07) is 4.32. The molecular formula is C13H16ClN3. The monoisotopic (exact) mass is 249 g/mol. The van der Waals surface area contributed by atoms with E-state index in [1.807, 2.05) is 12.1 Å². The van der Waals surface area contributed by atoms with Crippen LogP contribution >= 0.6 is 11.6 Å². The summed E-state index contributed by atoms with van der Waals surface area (Å²) in [6.07, 6.45) is 9.18. The molecule has 2 rings (SSSR count). The third-order valence-electron chi connectivity index (χ3n) is 3.02. The molecule has 1 saturated heterocycles. The molecule has 3 nitrogen and oxygen atoms in total. The first kappa shape index (κ1) is 12.2. The number of aromatic nitrogens is 1. The second-order valence-corrected chi connectivity index (χ2v) is 4.60. The number of piperidine rings is 1. The van der Waals surface area contributed by atoms with Gasteiger partial charge >= 0.3 is 0 Å². The van der Waals surface area contributed by atoms with E-state index < -0.39 is 0 Å². The molecule has 0 atom stereocenters. The molecule has 0 radical (unpaired) electrons. The molecule has 1 fully saturated rings. The highest BCUT2D eigenvalue weighted by Crippen LogP contribution is 2.21. The first-order chi connectivity index (χ1) is 8.29. The minimum Gasteiger partial charge on any atom is -0.380 e. The Hall–Kier alpha value is -1.24. The molecule has 0 unspecified atom stereocenters. The fourth-order valence-electron chi connectivity index (χ4n) is 2.08. The van der Waals surface area contributed by atoms with Crippen LogP contribution in [0.4, 0.5) is 5.69 Å². The van der Waals surface area contributed by atoms with Crippen molar-refractivity contribution in [1.29, 1.82) is 0 Å². The summed E-state index contributed by atoms with van der Waals surface area (Å²) in [4.78, 5) is 6.35. The highest BCUT2D eigenvalue weighted by Gasteiger charge is 2.18. The topological polar surface area (TPSA) is 28.2 Å². The van der Waals surface area contributed by atoms with Crippen LogP contribution in [-0.2, 0) is 0 Å². The van der Waals surface area contributed by atoms with Gasteiger partial charge in [0.2, 0.25) is 0 Å². The minimum absolute atomic E-state index is 0.464. The third-order valence-corrected chi connectivity index (χ3v) is 3.32. The number of likely N-dealkylation sites (tertiary alicyclic amines) is 1. The number of hydrogen-bond donors (Lipinski definition) is 1. The average molecular weight is 250 g/mol. The van der Waals surface area contributed by atoms with E-state index in [0.717, 1.165) is 38.2 Å². The molecule has 2 heterocycles. The van der Waals surface area contributed by atoms with Crippen LogP contribution in [0, 0.1) is 12.3 Å². The number of terminal acetylenes is 1. The van der Waals surface area contributed by atoms with Crippen LogP contribution in [0.1, 0.15) is 12.8 Å². The van der Waals surface area contributed by atoms with E-state index in [0.29, 0.717) is 11.2 Å². The molecule has 90 valence electrons. The number of anilines is 1. The molecule has 0 aliphatic carbocycles. The molecule has 17 heavy (non-hydrogen) atoms. The maximum Gasteiger partial charge on any atom is 0.152 e. The first-order valence-electron chi connectivity index (χ1n) is 5.82. The summed E-state index contributed by atoms with van der Waals surface area (Å²) in [5, 5.41) is 3.98. The van der Waals surface area contributed by atoms with Gasteiger partial charge in [-0.25, -0.2) is 4.98 Å². The van der Waals surface area contributed by atoms with Gasteiger partial charge in [0.25, 0.3) is 0 Å². The van der Waals surface area contributed by atoms with Gasteiger partial charge in [0.1, 0.15) is 0 Å². The molecule has 1 aliphatic rings. The van der Waals surface area contributed by atoms with E-state index in [1.165, 1.54) is 0 Å². The number of halogens is 1. The van der Waals surface area contributed by atoms with E-state index in [-0.39, 0.29) is 0 Å². The quantitative estimate of drug-likeness (QED) is 0.658. The molecule has 0 saturated carbocycles. The van der Waals surface area contributed by atoms with Crippen LogP contribution in [0.5, 0.6) is 0 Å². The third kappa shape index (κ3) is 3.36. The number of hydrogen-bond acceptors (Lipinski definition) is 3. The predicted molar refractivity (Wildman–Crippen MR) is 71.2 cm³/mol. The standard InChI is InChI=1S/C13H16ClN3/c1-2-8-17-9-5-11(6-10-17)16-12-4-3-7-15-13(12)14/h1,3-4,7,11,16H,5-6,8-10H2. The summed E-state index contributed by atoms with van der Waals surface area (Å²) < 4.78 is 0. The summed E-state index contributed by atoms with van der Waals surface area (Å²) in [5.41, 5.74) is 0.921. The lowest BCUT2D eigenvalue weighted by Gasteiger charge is -2.31. The van der Waals surface area contributed by atoms with Gasteiger partial charge in [-0.1, -0.05) is 17.5 Å². The molecule has 4 heteroatoms. The van der Waals surface area contributed by atoms with Gasteiger partial charge in [0, 0.05) is 25.3 Å². The Morgan fingerprint density at radius 1 is 1.53 bits per heavy atom.